The Bertz CT molecular complexity index is 796. The largest absolute Gasteiger partial charge is 0.480 e. The number of rotatable bonds is 7. The zero-order valence-electron chi connectivity index (χ0n) is 14.9. The number of aliphatic carboxylic acids is 1. The maximum absolute atomic E-state index is 12.5. The molecule has 0 spiro atoms. The molecule has 1 atom stereocenters. The standard InChI is InChI=1S/C18H22N4O4/c1-11(2)16(20-17(25)13-6-4-12(3)5-7-13)18(26)19-14-8-9-22(21-14)10-15(23)24/h4-9,11,16H,10H2,1-3H3,(H,20,25)(H,23,24)(H,19,21,26). The van der Waals surface area contributed by atoms with Crippen molar-refractivity contribution in [1.82, 2.24) is 15.1 Å². The van der Waals surface area contributed by atoms with Crippen molar-refractivity contribution < 1.29 is 19.5 Å². The fourth-order valence-corrected chi connectivity index (χ4v) is 2.32. The normalized spacial score (nSPS) is 11.8. The van der Waals surface area contributed by atoms with Crippen LogP contribution in [0.2, 0.25) is 0 Å². The first-order chi connectivity index (χ1) is 12.3. The molecule has 0 aliphatic rings. The van der Waals surface area contributed by atoms with E-state index in [4.69, 9.17) is 5.11 Å². The van der Waals surface area contributed by atoms with Crippen LogP contribution in [0.1, 0.15) is 29.8 Å². The van der Waals surface area contributed by atoms with E-state index in [1.54, 1.807) is 12.1 Å². The van der Waals surface area contributed by atoms with Crippen LogP contribution in [0.4, 0.5) is 5.82 Å². The van der Waals surface area contributed by atoms with Crippen LogP contribution < -0.4 is 10.6 Å². The molecule has 3 N–H and O–H groups in total. The van der Waals surface area contributed by atoms with Gasteiger partial charge in [0.1, 0.15) is 12.6 Å². The molecule has 0 aliphatic carbocycles. The third-order valence-electron chi connectivity index (χ3n) is 3.74. The van der Waals surface area contributed by atoms with Gasteiger partial charge in [-0.15, -0.1) is 0 Å². The Balaban J connectivity index is 2.04. The lowest BCUT2D eigenvalue weighted by atomic mass is 10.0. The van der Waals surface area contributed by atoms with Crippen LogP contribution in [-0.2, 0) is 16.1 Å². The summed E-state index contributed by atoms with van der Waals surface area (Å²) in [6, 6.07) is 7.80. The van der Waals surface area contributed by atoms with E-state index in [-0.39, 0.29) is 24.2 Å². The minimum Gasteiger partial charge on any atom is -0.480 e. The van der Waals surface area contributed by atoms with Gasteiger partial charge in [0, 0.05) is 17.8 Å². The molecular formula is C18H22N4O4. The fourth-order valence-electron chi connectivity index (χ4n) is 2.32. The number of nitrogens with one attached hydrogen (secondary N) is 2. The van der Waals surface area contributed by atoms with E-state index < -0.39 is 17.9 Å². The summed E-state index contributed by atoms with van der Waals surface area (Å²) < 4.78 is 1.20. The average molecular weight is 358 g/mol. The number of benzene rings is 1. The number of hydrogen-bond donors (Lipinski definition) is 3. The second-order valence-corrected chi connectivity index (χ2v) is 6.34. The average Bonchev–Trinajstić information content (AvgIpc) is 2.98. The number of aromatic nitrogens is 2. The second kappa shape index (κ2) is 8.28. The van der Waals surface area contributed by atoms with Gasteiger partial charge in [0.05, 0.1) is 0 Å². The van der Waals surface area contributed by atoms with Crippen LogP contribution in [0.25, 0.3) is 0 Å². The Morgan fingerprint density at radius 2 is 1.81 bits per heavy atom. The number of anilines is 1. The highest BCUT2D eigenvalue weighted by Crippen LogP contribution is 2.10. The summed E-state index contributed by atoms with van der Waals surface area (Å²) in [5.74, 6) is -1.70. The van der Waals surface area contributed by atoms with Crippen molar-refractivity contribution in [3.63, 3.8) is 0 Å². The lowest BCUT2D eigenvalue weighted by Crippen LogP contribution is -2.47. The van der Waals surface area contributed by atoms with Crippen molar-refractivity contribution in [1.29, 1.82) is 0 Å². The van der Waals surface area contributed by atoms with Gasteiger partial charge in [-0.2, -0.15) is 5.10 Å². The first-order valence-electron chi connectivity index (χ1n) is 8.20. The summed E-state index contributed by atoms with van der Waals surface area (Å²) in [6.07, 6.45) is 1.46. The molecule has 1 heterocycles. The lowest BCUT2D eigenvalue weighted by Gasteiger charge is -2.21. The Morgan fingerprint density at radius 3 is 2.38 bits per heavy atom. The fraction of sp³-hybridized carbons (Fsp3) is 0.333. The second-order valence-electron chi connectivity index (χ2n) is 6.34. The van der Waals surface area contributed by atoms with Crippen molar-refractivity contribution in [2.24, 2.45) is 5.92 Å². The maximum atomic E-state index is 12.5. The summed E-state index contributed by atoms with van der Waals surface area (Å²) in [5.41, 5.74) is 1.51. The van der Waals surface area contributed by atoms with E-state index in [0.29, 0.717) is 5.56 Å². The highest BCUT2D eigenvalue weighted by atomic mass is 16.4. The van der Waals surface area contributed by atoms with Gasteiger partial charge in [-0.05, 0) is 25.0 Å². The molecule has 0 radical (unpaired) electrons. The number of aryl methyl sites for hydroxylation is 1. The quantitative estimate of drug-likeness (QED) is 0.697. The number of carbonyl (C=O) groups is 3. The van der Waals surface area contributed by atoms with Crippen LogP contribution in [0.5, 0.6) is 0 Å². The van der Waals surface area contributed by atoms with E-state index in [1.165, 1.54) is 16.9 Å². The molecule has 2 aromatic rings. The molecule has 0 aliphatic heterocycles. The van der Waals surface area contributed by atoms with Gasteiger partial charge in [-0.25, -0.2) is 0 Å². The monoisotopic (exact) mass is 358 g/mol. The van der Waals surface area contributed by atoms with Gasteiger partial charge in [-0.1, -0.05) is 31.5 Å². The smallest absolute Gasteiger partial charge is 0.325 e. The van der Waals surface area contributed by atoms with Crippen LogP contribution >= 0.6 is 0 Å². The maximum Gasteiger partial charge on any atom is 0.325 e. The van der Waals surface area contributed by atoms with Crippen molar-refractivity contribution in [2.45, 2.75) is 33.4 Å². The van der Waals surface area contributed by atoms with Crippen molar-refractivity contribution in [2.75, 3.05) is 5.32 Å². The Labute approximate surface area is 151 Å². The predicted octanol–water partition coefficient (Wildman–Crippen LogP) is 1.67. The molecule has 1 unspecified atom stereocenters. The summed E-state index contributed by atoms with van der Waals surface area (Å²) in [6.45, 7) is 5.27. The van der Waals surface area contributed by atoms with Crippen LogP contribution in [-0.4, -0.2) is 38.7 Å². The van der Waals surface area contributed by atoms with Gasteiger partial charge in [0.2, 0.25) is 5.91 Å². The van der Waals surface area contributed by atoms with Crippen LogP contribution in [0.3, 0.4) is 0 Å². The van der Waals surface area contributed by atoms with E-state index >= 15 is 0 Å². The zero-order valence-corrected chi connectivity index (χ0v) is 14.9. The van der Waals surface area contributed by atoms with Gasteiger partial charge in [0.25, 0.3) is 5.91 Å². The van der Waals surface area contributed by atoms with E-state index in [0.717, 1.165) is 5.56 Å². The molecule has 26 heavy (non-hydrogen) atoms. The first-order valence-corrected chi connectivity index (χ1v) is 8.20. The molecule has 1 aromatic carbocycles. The summed E-state index contributed by atoms with van der Waals surface area (Å²) in [7, 11) is 0. The predicted molar refractivity (Wildman–Crippen MR) is 95.8 cm³/mol. The molecule has 8 heteroatoms. The third kappa shape index (κ3) is 5.17. The molecule has 0 fully saturated rings. The molecule has 1 aromatic heterocycles. The molecule has 0 bridgehead atoms. The molecule has 138 valence electrons. The number of carbonyl (C=O) groups excluding carboxylic acids is 2. The highest BCUT2D eigenvalue weighted by molar-refractivity contribution is 6.01. The van der Waals surface area contributed by atoms with E-state index in [2.05, 4.69) is 15.7 Å². The topological polar surface area (TPSA) is 113 Å². The molecule has 8 nitrogen and oxygen atoms in total. The van der Waals surface area contributed by atoms with Crippen LogP contribution in [0, 0.1) is 12.8 Å². The van der Waals surface area contributed by atoms with E-state index in [1.807, 2.05) is 32.9 Å². The first kappa shape index (κ1) is 19.2. The highest BCUT2D eigenvalue weighted by Gasteiger charge is 2.25. The number of hydrogen-bond acceptors (Lipinski definition) is 4. The summed E-state index contributed by atoms with van der Waals surface area (Å²) in [5, 5.41) is 18.1. The Morgan fingerprint density at radius 1 is 1.15 bits per heavy atom. The number of carboxylic acid groups (broad SMARTS) is 1. The third-order valence-corrected chi connectivity index (χ3v) is 3.74. The Kier molecular flexibility index (Phi) is 6.11. The summed E-state index contributed by atoms with van der Waals surface area (Å²) >= 11 is 0. The minimum absolute atomic E-state index is 0.148. The van der Waals surface area contributed by atoms with Crippen molar-refractivity contribution in [3.05, 3.63) is 47.7 Å². The van der Waals surface area contributed by atoms with Crippen molar-refractivity contribution >= 4 is 23.6 Å². The summed E-state index contributed by atoms with van der Waals surface area (Å²) in [4.78, 5) is 35.6. The van der Waals surface area contributed by atoms with Crippen molar-refractivity contribution in [3.8, 4) is 0 Å². The Hall–Kier alpha value is -3.16. The lowest BCUT2D eigenvalue weighted by molar-refractivity contribution is -0.137. The SMILES string of the molecule is Cc1ccc(C(=O)NC(C(=O)Nc2ccn(CC(=O)O)n2)C(C)C)cc1. The van der Waals surface area contributed by atoms with Gasteiger partial charge in [0.15, 0.2) is 5.82 Å². The minimum atomic E-state index is -1.03. The number of amides is 2. The molecule has 0 saturated heterocycles. The van der Waals surface area contributed by atoms with Gasteiger partial charge < -0.3 is 15.7 Å². The number of carboxylic acids is 1. The van der Waals surface area contributed by atoms with Crippen LogP contribution in [0.15, 0.2) is 36.5 Å². The molecular weight excluding hydrogens is 336 g/mol. The molecule has 2 amide bonds. The van der Waals surface area contributed by atoms with Gasteiger partial charge in [-0.3, -0.25) is 19.1 Å². The van der Waals surface area contributed by atoms with Gasteiger partial charge >= 0.3 is 5.97 Å². The molecule has 0 saturated carbocycles. The zero-order chi connectivity index (χ0) is 19.3. The number of nitrogens with zero attached hydrogens (tertiary/aromatic N) is 2. The van der Waals surface area contributed by atoms with E-state index in [9.17, 15) is 14.4 Å². The molecule has 2 rings (SSSR count).